The average Bonchev–Trinajstić information content (AvgIpc) is 3.12. The van der Waals surface area contributed by atoms with E-state index in [0.29, 0.717) is 12.3 Å². The standard InChI is InChI=1S/C15H18N2O2/c1-10-7-13(10)17-9-14(18)16-12(15(17)19)8-11-5-3-2-4-6-11/h2-6,10,12-13H,7-9H2,1H3,(H,16,18). The van der Waals surface area contributed by atoms with Crippen LogP contribution in [0.2, 0.25) is 0 Å². The van der Waals surface area contributed by atoms with Gasteiger partial charge in [0.1, 0.15) is 6.04 Å². The number of benzene rings is 1. The first-order chi connectivity index (χ1) is 9.15. The second-order valence-corrected chi connectivity index (χ2v) is 5.56. The van der Waals surface area contributed by atoms with E-state index in [1.54, 1.807) is 4.90 Å². The molecule has 1 N–H and O–H groups in total. The molecule has 4 heteroatoms. The molecular weight excluding hydrogens is 240 g/mol. The van der Waals surface area contributed by atoms with Crippen molar-refractivity contribution < 1.29 is 9.59 Å². The third-order valence-electron chi connectivity index (χ3n) is 3.98. The fourth-order valence-corrected chi connectivity index (χ4v) is 2.74. The molecule has 3 unspecified atom stereocenters. The number of hydrogen-bond donors (Lipinski definition) is 1. The largest absolute Gasteiger partial charge is 0.342 e. The van der Waals surface area contributed by atoms with Crippen LogP contribution in [0.25, 0.3) is 0 Å². The van der Waals surface area contributed by atoms with Crippen molar-refractivity contribution in [1.29, 1.82) is 0 Å². The zero-order valence-electron chi connectivity index (χ0n) is 11.0. The van der Waals surface area contributed by atoms with E-state index in [1.807, 2.05) is 30.3 Å². The van der Waals surface area contributed by atoms with Gasteiger partial charge in [-0.2, -0.15) is 0 Å². The molecule has 1 aliphatic heterocycles. The number of amides is 2. The van der Waals surface area contributed by atoms with Gasteiger partial charge >= 0.3 is 0 Å². The molecule has 100 valence electrons. The van der Waals surface area contributed by atoms with Crippen LogP contribution in [-0.4, -0.2) is 35.3 Å². The molecule has 19 heavy (non-hydrogen) atoms. The van der Waals surface area contributed by atoms with Crippen molar-refractivity contribution in [2.24, 2.45) is 5.92 Å². The SMILES string of the molecule is CC1CC1N1CC(=O)NC(Cc2ccccc2)C1=O. The number of carbonyl (C=O) groups is 2. The molecule has 2 fully saturated rings. The predicted molar refractivity (Wildman–Crippen MR) is 71.4 cm³/mol. The van der Waals surface area contributed by atoms with Crippen molar-refractivity contribution in [2.45, 2.75) is 31.8 Å². The summed E-state index contributed by atoms with van der Waals surface area (Å²) in [6, 6.07) is 9.68. The van der Waals surface area contributed by atoms with Crippen LogP contribution in [0.3, 0.4) is 0 Å². The lowest BCUT2D eigenvalue weighted by Gasteiger charge is -2.33. The zero-order valence-corrected chi connectivity index (χ0v) is 11.0. The number of rotatable bonds is 3. The van der Waals surface area contributed by atoms with Crippen LogP contribution in [0.4, 0.5) is 0 Å². The van der Waals surface area contributed by atoms with Gasteiger partial charge in [0.05, 0.1) is 6.54 Å². The van der Waals surface area contributed by atoms with Crippen LogP contribution >= 0.6 is 0 Å². The van der Waals surface area contributed by atoms with E-state index >= 15 is 0 Å². The van der Waals surface area contributed by atoms with E-state index in [9.17, 15) is 9.59 Å². The van der Waals surface area contributed by atoms with Gasteiger partial charge in [0.15, 0.2) is 0 Å². The molecule has 0 radical (unpaired) electrons. The van der Waals surface area contributed by atoms with Gasteiger partial charge in [-0.05, 0) is 17.9 Å². The third-order valence-corrected chi connectivity index (χ3v) is 3.98. The fraction of sp³-hybridized carbons (Fsp3) is 0.467. The molecule has 1 aliphatic carbocycles. The summed E-state index contributed by atoms with van der Waals surface area (Å²) >= 11 is 0. The molecule has 0 bridgehead atoms. The first-order valence-electron chi connectivity index (χ1n) is 6.79. The maximum atomic E-state index is 12.4. The van der Waals surface area contributed by atoms with Crippen molar-refractivity contribution in [1.82, 2.24) is 10.2 Å². The summed E-state index contributed by atoms with van der Waals surface area (Å²) in [5, 5.41) is 2.81. The molecule has 1 heterocycles. The molecule has 1 aromatic carbocycles. The highest BCUT2D eigenvalue weighted by Gasteiger charge is 2.45. The minimum atomic E-state index is -0.406. The van der Waals surface area contributed by atoms with E-state index in [-0.39, 0.29) is 24.4 Å². The van der Waals surface area contributed by atoms with E-state index in [1.165, 1.54) is 0 Å². The summed E-state index contributed by atoms with van der Waals surface area (Å²) in [6.07, 6.45) is 1.60. The van der Waals surface area contributed by atoms with Crippen LogP contribution in [-0.2, 0) is 16.0 Å². The molecule has 3 rings (SSSR count). The highest BCUT2D eigenvalue weighted by Crippen LogP contribution is 2.36. The van der Waals surface area contributed by atoms with E-state index in [4.69, 9.17) is 0 Å². The maximum Gasteiger partial charge on any atom is 0.246 e. The van der Waals surface area contributed by atoms with Crippen molar-refractivity contribution in [3.8, 4) is 0 Å². The molecule has 2 amide bonds. The van der Waals surface area contributed by atoms with E-state index < -0.39 is 6.04 Å². The molecule has 0 spiro atoms. The second-order valence-electron chi connectivity index (χ2n) is 5.56. The molecule has 4 nitrogen and oxygen atoms in total. The monoisotopic (exact) mass is 258 g/mol. The van der Waals surface area contributed by atoms with Crippen molar-refractivity contribution in [3.05, 3.63) is 35.9 Å². The summed E-state index contributed by atoms with van der Waals surface area (Å²) in [7, 11) is 0. The van der Waals surface area contributed by atoms with Crippen molar-refractivity contribution in [3.63, 3.8) is 0 Å². The lowest BCUT2D eigenvalue weighted by molar-refractivity contribution is -0.145. The van der Waals surface area contributed by atoms with Crippen molar-refractivity contribution in [2.75, 3.05) is 6.54 Å². The van der Waals surface area contributed by atoms with E-state index in [0.717, 1.165) is 12.0 Å². The number of nitrogens with one attached hydrogen (secondary N) is 1. The average molecular weight is 258 g/mol. The summed E-state index contributed by atoms with van der Waals surface area (Å²) in [6.45, 7) is 2.34. The number of hydrogen-bond acceptors (Lipinski definition) is 2. The molecular formula is C15H18N2O2. The second kappa shape index (κ2) is 4.68. The Morgan fingerprint density at radius 2 is 1.95 bits per heavy atom. The number of carbonyl (C=O) groups excluding carboxylic acids is 2. The Hall–Kier alpha value is -1.84. The Morgan fingerprint density at radius 3 is 2.58 bits per heavy atom. The van der Waals surface area contributed by atoms with E-state index in [2.05, 4.69) is 12.2 Å². The lowest BCUT2D eigenvalue weighted by atomic mass is 10.0. The van der Waals surface area contributed by atoms with Crippen molar-refractivity contribution >= 4 is 11.8 Å². The molecule has 1 saturated carbocycles. The van der Waals surface area contributed by atoms with Gasteiger partial charge in [0, 0.05) is 12.5 Å². The summed E-state index contributed by atoms with van der Waals surface area (Å²) in [5.74, 6) is 0.560. The lowest BCUT2D eigenvalue weighted by Crippen LogP contribution is -2.59. The smallest absolute Gasteiger partial charge is 0.246 e. The predicted octanol–water partition coefficient (Wildman–Crippen LogP) is 0.964. The number of piperazine rings is 1. The highest BCUT2D eigenvalue weighted by molar-refractivity contribution is 5.95. The Balaban J connectivity index is 1.73. The van der Waals surface area contributed by atoms with Crippen LogP contribution in [0.5, 0.6) is 0 Å². The minimum Gasteiger partial charge on any atom is -0.342 e. The van der Waals surface area contributed by atoms with Crippen LogP contribution in [0.1, 0.15) is 18.9 Å². The molecule has 3 atom stereocenters. The van der Waals surface area contributed by atoms with Gasteiger partial charge in [0.2, 0.25) is 11.8 Å². The molecule has 1 saturated heterocycles. The normalized spacial score (nSPS) is 30.2. The fourth-order valence-electron chi connectivity index (χ4n) is 2.74. The van der Waals surface area contributed by atoms with Gasteiger partial charge in [-0.15, -0.1) is 0 Å². The Labute approximate surface area is 112 Å². The van der Waals surface area contributed by atoms with Gasteiger partial charge < -0.3 is 10.2 Å². The van der Waals surface area contributed by atoms with Crippen LogP contribution in [0.15, 0.2) is 30.3 Å². The Morgan fingerprint density at radius 1 is 1.26 bits per heavy atom. The Bertz CT molecular complexity index is 500. The first kappa shape index (κ1) is 12.2. The quantitative estimate of drug-likeness (QED) is 0.878. The van der Waals surface area contributed by atoms with Crippen LogP contribution in [0, 0.1) is 5.92 Å². The summed E-state index contributed by atoms with van der Waals surface area (Å²) in [4.78, 5) is 25.9. The maximum absolute atomic E-state index is 12.4. The molecule has 0 aromatic heterocycles. The molecule has 2 aliphatic rings. The zero-order chi connectivity index (χ0) is 13.4. The van der Waals surface area contributed by atoms with Gasteiger partial charge in [0.25, 0.3) is 0 Å². The Kier molecular flexibility index (Phi) is 3.01. The summed E-state index contributed by atoms with van der Waals surface area (Å²) in [5.41, 5.74) is 1.08. The third kappa shape index (κ3) is 2.48. The van der Waals surface area contributed by atoms with Gasteiger partial charge in [-0.3, -0.25) is 9.59 Å². The number of nitrogens with zero attached hydrogens (tertiary/aromatic N) is 1. The van der Waals surface area contributed by atoms with Gasteiger partial charge in [-0.1, -0.05) is 37.3 Å². The highest BCUT2D eigenvalue weighted by atomic mass is 16.2. The van der Waals surface area contributed by atoms with Gasteiger partial charge in [-0.25, -0.2) is 0 Å². The first-order valence-corrected chi connectivity index (χ1v) is 6.79. The minimum absolute atomic E-state index is 0.0420. The summed E-state index contributed by atoms with van der Waals surface area (Å²) < 4.78 is 0. The molecule has 1 aromatic rings. The van der Waals surface area contributed by atoms with Crippen LogP contribution < -0.4 is 5.32 Å². The topological polar surface area (TPSA) is 49.4 Å².